The molecule has 0 amide bonds. The van der Waals surface area contributed by atoms with Gasteiger partial charge in [-0.1, -0.05) is 6.92 Å². The number of aryl methyl sites for hydroxylation is 1. The largest absolute Gasteiger partial charge is 0.369 e. The summed E-state index contributed by atoms with van der Waals surface area (Å²) < 4.78 is 1.20. The minimum absolute atomic E-state index is 0.645. The van der Waals surface area contributed by atoms with Crippen LogP contribution in [0.4, 0.5) is 5.82 Å². The van der Waals surface area contributed by atoms with Gasteiger partial charge < -0.3 is 5.32 Å². The fraction of sp³-hybridized carbons (Fsp3) is 0.467. The van der Waals surface area contributed by atoms with Gasteiger partial charge in [-0.05, 0) is 60.9 Å². The smallest absolute Gasteiger partial charge is 0.171 e. The van der Waals surface area contributed by atoms with E-state index in [1.54, 1.807) is 11.3 Å². The first-order chi connectivity index (χ1) is 9.72. The Morgan fingerprint density at radius 3 is 2.70 bits per heavy atom. The fourth-order valence-electron chi connectivity index (χ4n) is 2.17. The monoisotopic (exact) mass is 399 g/mol. The van der Waals surface area contributed by atoms with E-state index in [0.29, 0.717) is 5.92 Å². The first-order valence-corrected chi connectivity index (χ1v) is 9.02. The van der Waals surface area contributed by atoms with Crippen LogP contribution < -0.4 is 5.32 Å². The Labute approximate surface area is 137 Å². The lowest BCUT2D eigenvalue weighted by molar-refractivity contribution is 0.974. The van der Waals surface area contributed by atoms with Crippen molar-refractivity contribution in [1.29, 1.82) is 0 Å². The number of hydrogen-bond acceptors (Lipinski definition) is 4. The highest BCUT2D eigenvalue weighted by atomic mass is 127. The second kappa shape index (κ2) is 5.97. The third-order valence-corrected chi connectivity index (χ3v) is 5.70. The molecule has 2 heterocycles. The van der Waals surface area contributed by atoms with Crippen LogP contribution in [-0.2, 0) is 6.42 Å². The zero-order valence-electron chi connectivity index (χ0n) is 11.7. The molecule has 106 valence electrons. The summed E-state index contributed by atoms with van der Waals surface area (Å²) in [6, 6.07) is 4.34. The Morgan fingerprint density at radius 2 is 2.10 bits per heavy atom. The van der Waals surface area contributed by atoms with E-state index in [4.69, 9.17) is 9.97 Å². The van der Waals surface area contributed by atoms with Crippen molar-refractivity contribution in [1.82, 2.24) is 9.97 Å². The standard InChI is InChI=1S/C15H18IN3S/c1-3-10-7-8-11(20-10)14-18-13(9-5-6-9)12(16)15(19-14)17-4-2/h7-9H,3-6H2,1-2H3,(H,17,18,19). The molecule has 1 fully saturated rings. The van der Waals surface area contributed by atoms with Crippen LogP contribution in [0.1, 0.15) is 43.2 Å². The van der Waals surface area contributed by atoms with Crippen molar-refractivity contribution in [3.8, 4) is 10.7 Å². The first kappa shape index (κ1) is 14.3. The molecule has 5 heteroatoms. The van der Waals surface area contributed by atoms with E-state index in [-0.39, 0.29) is 0 Å². The van der Waals surface area contributed by atoms with Crippen molar-refractivity contribution in [3.05, 3.63) is 26.3 Å². The van der Waals surface area contributed by atoms with Crippen LogP contribution in [0, 0.1) is 3.57 Å². The second-order valence-corrected chi connectivity index (χ2v) is 7.27. The number of thiophene rings is 1. The van der Waals surface area contributed by atoms with Crippen molar-refractivity contribution in [2.45, 2.75) is 39.0 Å². The Balaban J connectivity index is 2.05. The van der Waals surface area contributed by atoms with Crippen molar-refractivity contribution < 1.29 is 0 Å². The van der Waals surface area contributed by atoms with Crippen LogP contribution in [0.5, 0.6) is 0 Å². The summed E-state index contributed by atoms with van der Waals surface area (Å²) in [5.74, 6) is 2.52. The average Bonchev–Trinajstić information content (AvgIpc) is 3.18. The van der Waals surface area contributed by atoms with Gasteiger partial charge in [-0.3, -0.25) is 0 Å². The molecule has 0 aliphatic heterocycles. The van der Waals surface area contributed by atoms with Crippen molar-refractivity contribution >= 4 is 39.7 Å². The maximum atomic E-state index is 4.85. The molecular formula is C15H18IN3S. The van der Waals surface area contributed by atoms with Crippen LogP contribution >= 0.6 is 33.9 Å². The van der Waals surface area contributed by atoms with Crippen LogP contribution in [-0.4, -0.2) is 16.5 Å². The average molecular weight is 399 g/mol. The highest BCUT2D eigenvalue weighted by Crippen LogP contribution is 2.43. The molecule has 0 spiro atoms. The van der Waals surface area contributed by atoms with Crippen LogP contribution in [0.25, 0.3) is 10.7 Å². The Hall–Kier alpha value is -0.690. The molecule has 3 nitrogen and oxygen atoms in total. The summed E-state index contributed by atoms with van der Waals surface area (Å²) in [5.41, 5.74) is 1.23. The molecule has 20 heavy (non-hydrogen) atoms. The molecule has 1 N–H and O–H groups in total. The molecule has 0 radical (unpaired) electrons. The van der Waals surface area contributed by atoms with E-state index in [1.807, 2.05) is 0 Å². The highest BCUT2D eigenvalue weighted by molar-refractivity contribution is 14.1. The number of hydrogen-bond donors (Lipinski definition) is 1. The number of aromatic nitrogens is 2. The fourth-order valence-corrected chi connectivity index (χ4v) is 3.93. The maximum Gasteiger partial charge on any atom is 0.171 e. The molecule has 2 aromatic rings. The number of halogens is 1. The van der Waals surface area contributed by atoms with E-state index in [2.05, 4.69) is 53.9 Å². The Morgan fingerprint density at radius 1 is 1.30 bits per heavy atom. The minimum atomic E-state index is 0.645. The second-order valence-electron chi connectivity index (χ2n) is 5.02. The lowest BCUT2D eigenvalue weighted by Gasteiger charge is -2.11. The van der Waals surface area contributed by atoms with Crippen LogP contribution in [0.15, 0.2) is 12.1 Å². The van der Waals surface area contributed by atoms with Gasteiger partial charge in [0.05, 0.1) is 14.1 Å². The van der Waals surface area contributed by atoms with E-state index in [0.717, 1.165) is 24.6 Å². The molecule has 3 rings (SSSR count). The minimum Gasteiger partial charge on any atom is -0.369 e. The summed E-state index contributed by atoms with van der Waals surface area (Å²) in [4.78, 5) is 12.1. The van der Waals surface area contributed by atoms with Gasteiger partial charge in [0.2, 0.25) is 0 Å². The van der Waals surface area contributed by atoms with Gasteiger partial charge in [0.15, 0.2) is 5.82 Å². The van der Waals surface area contributed by atoms with E-state index < -0.39 is 0 Å². The van der Waals surface area contributed by atoms with Gasteiger partial charge in [0, 0.05) is 17.3 Å². The molecule has 1 saturated carbocycles. The molecule has 0 unspecified atom stereocenters. The molecule has 0 saturated heterocycles. The van der Waals surface area contributed by atoms with Crippen molar-refractivity contribution in [2.24, 2.45) is 0 Å². The molecule has 2 aromatic heterocycles. The highest BCUT2D eigenvalue weighted by Gasteiger charge is 2.29. The molecule has 0 bridgehead atoms. The lowest BCUT2D eigenvalue weighted by Crippen LogP contribution is -2.07. The van der Waals surface area contributed by atoms with Crippen LogP contribution in [0.3, 0.4) is 0 Å². The van der Waals surface area contributed by atoms with Crippen LogP contribution in [0.2, 0.25) is 0 Å². The number of anilines is 1. The van der Waals surface area contributed by atoms with E-state index >= 15 is 0 Å². The zero-order chi connectivity index (χ0) is 14.1. The molecule has 1 aliphatic carbocycles. The summed E-state index contributed by atoms with van der Waals surface area (Å²) in [7, 11) is 0. The van der Waals surface area contributed by atoms with Gasteiger partial charge in [-0.25, -0.2) is 9.97 Å². The first-order valence-electron chi connectivity index (χ1n) is 7.13. The zero-order valence-corrected chi connectivity index (χ0v) is 14.7. The summed E-state index contributed by atoms with van der Waals surface area (Å²) in [6.45, 7) is 5.18. The number of nitrogens with one attached hydrogen (secondary N) is 1. The molecule has 0 aromatic carbocycles. The normalized spacial score (nSPS) is 14.6. The van der Waals surface area contributed by atoms with Gasteiger partial charge in [-0.2, -0.15) is 0 Å². The van der Waals surface area contributed by atoms with E-state index in [9.17, 15) is 0 Å². The van der Waals surface area contributed by atoms with Crippen molar-refractivity contribution in [3.63, 3.8) is 0 Å². The quantitative estimate of drug-likeness (QED) is 0.742. The Kier molecular flexibility index (Phi) is 4.26. The summed E-state index contributed by atoms with van der Waals surface area (Å²) in [6.07, 6.45) is 3.61. The third kappa shape index (κ3) is 2.83. The summed E-state index contributed by atoms with van der Waals surface area (Å²) in [5, 5.41) is 3.38. The van der Waals surface area contributed by atoms with Crippen molar-refractivity contribution in [2.75, 3.05) is 11.9 Å². The third-order valence-electron chi connectivity index (χ3n) is 3.42. The number of nitrogens with zero attached hydrogens (tertiary/aromatic N) is 2. The predicted octanol–water partition coefficient (Wildman–Crippen LogP) is 4.68. The van der Waals surface area contributed by atoms with Gasteiger partial charge in [-0.15, -0.1) is 11.3 Å². The SMILES string of the molecule is CCNc1nc(-c2ccc(CC)s2)nc(C2CC2)c1I. The Bertz CT molecular complexity index is 620. The lowest BCUT2D eigenvalue weighted by atomic mass is 10.2. The van der Waals surface area contributed by atoms with E-state index in [1.165, 1.54) is 31.9 Å². The summed E-state index contributed by atoms with van der Waals surface area (Å²) >= 11 is 4.19. The topological polar surface area (TPSA) is 37.8 Å². The van der Waals surface area contributed by atoms with Gasteiger partial charge >= 0.3 is 0 Å². The molecular weight excluding hydrogens is 381 g/mol. The number of rotatable bonds is 5. The van der Waals surface area contributed by atoms with Gasteiger partial charge in [0.1, 0.15) is 5.82 Å². The van der Waals surface area contributed by atoms with Gasteiger partial charge in [0.25, 0.3) is 0 Å². The maximum absolute atomic E-state index is 4.85. The molecule has 1 aliphatic rings. The molecule has 0 atom stereocenters. The predicted molar refractivity (Wildman–Crippen MR) is 93.6 cm³/mol.